The fourth-order valence-electron chi connectivity index (χ4n) is 4.37. The van der Waals surface area contributed by atoms with Gasteiger partial charge in [0.05, 0.1) is 29.3 Å². The minimum atomic E-state index is -0.621. The number of aryl methyl sites for hydroxylation is 2. The summed E-state index contributed by atoms with van der Waals surface area (Å²) in [6, 6.07) is -0.621. The third-order valence-corrected chi connectivity index (χ3v) is 7.05. The van der Waals surface area contributed by atoms with Crippen LogP contribution >= 0.6 is 11.3 Å². The minimum Gasteiger partial charge on any atom is -0.384 e. The predicted molar refractivity (Wildman–Crippen MR) is 118 cm³/mol. The summed E-state index contributed by atoms with van der Waals surface area (Å²) in [5, 5.41) is 0.747. The molecule has 1 aliphatic heterocycles. The van der Waals surface area contributed by atoms with Crippen LogP contribution in [0.25, 0.3) is 10.6 Å². The van der Waals surface area contributed by atoms with Crippen molar-refractivity contribution in [2.45, 2.75) is 57.9 Å². The van der Waals surface area contributed by atoms with E-state index in [-0.39, 0.29) is 23.7 Å². The van der Waals surface area contributed by atoms with Gasteiger partial charge in [-0.2, -0.15) is 0 Å². The monoisotopic (exact) mass is 443 g/mol. The highest BCUT2D eigenvalue weighted by Crippen LogP contribution is 2.37. The third kappa shape index (κ3) is 4.21. The first-order valence-corrected chi connectivity index (χ1v) is 11.4. The van der Waals surface area contributed by atoms with E-state index in [4.69, 9.17) is 20.4 Å². The highest BCUT2D eigenvalue weighted by atomic mass is 32.1. The van der Waals surface area contributed by atoms with Gasteiger partial charge in [-0.15, -0.1) is 11.3 Å². The number of ether oxygens (including phenoxy) is 1. The van der Waals surface area contributed by atoms with Gasteiger partial charge in [0.15, 0.2) is 0 Å². The van der Waals surface area contributed by atoms with E-state index in [0.717, 1.165) is 45.5 Å². The molecule has 2 atom stereocenters. The number of amides is 2. The van der Waals surface area contributed by atoms with E-state index in [1.165, 1.54) is 11.3 Å². The van der Waals surface area contributed by atoms with Crippen molar-refractivity contribution in [1.29, 1.82) is 0 Å². The second-order valence-electron chi connectivity index (χ2n) is 9.32. The lowest BCUT2D eigenvalue weighted by atomic mass is 9.94. The van der Waals surface area contributed by atoms with Gasteiger partial charge in [-0.3, -0.25) is 9.59 Å². The molecule has 2 amide bonds. The maximum atomic E-state index is 13.0. The van der Waals surface area contributed by atoms with Crippen molar-refractivity contribution >= 4 is 23.2 Å². The summed E-state index contributed by atoms with van der Waals surface area (Å²) in [5.41, 5.74) is 8.51. The molecule has 1 aliphatic carbocycles. The number of nitrogens with two attached hydrogens (primary N) is 1. The molecular formula is C22H29N5O3S. The second-order valence-corrected chi connectivity index (χ2v) is 10.4. The van der Waals surface area contributed by atoms with Gasteiger partial charge in [0.2, 0.25) is 11.8 Å². The van der Waals surface area contributed by atoms with Gasteiger partial charge in [-0.05, 0) is 24.8 Å². The van der Waals surface area contributed by atoms with Crippen LogP contribution in [0.2, 0.25) is 0 Å². The zero-order chi connectivity index (χ0) is 22.3. The molecule has 3 heterocycles. The molecule has 2 aromatic rings. The number of carbonyl (C=O) groups excluding carboxylic acids is 2. The van der Waals surface area contributed by atoms with Crippen molar-refractivity contribution < 1.29 is 14.3 Å². The minimum absolute atomic E-state index is 0.0599. The second kappa shape index (κ2) is 8.27. The molecule has 0 unspecified atom stereocenters. The Morgan fingerprint density at radius 1 is 1.29 bits per heavy atom. The number of hydrogen-bond donors (Lipinski definition) is 1. The van der Waals surface area contributed by atoms with Crippen LogP contribution in [0, 0.1) is 5.92 Å². The Morgan fingerprint density at radius 2 is 2.06 bits per heavy atom. The fourth-order valence-corrected chi connectivity index (χ4v) is 5.50. The Kier molecular flexibility index (Phi) is 5.83. The molecule has 1 saturated heterocycles. The number of fused-ring (bicyclic) bond motifs is 3. The summed E-state index contributed by atoms with van der Waals surface area (Å²) in [5.74, 6) is 0.143. The van der Waals surface area contributed by atoms with Crippen LogP contribution < -0.4 is 5.73 Å². The molecular weight excluding hydrogens is 414 g/mol. The number of hydrogen-bond acceptors (Lipinski definition) is 7. The highest BCUT2D eigenvalue weighted by Gasteiger charge is 2.40. The summed E-state index contributed by atoms with van der Waals surface area (Å²) in [7, 11) is 1.59. The lowest BCUT2D eigenvalue weighted by Crippen LogP contribution is -2.47. The van der Waals surface area contributed by atoms with Gasteiger partial charge in [0.25, 0.3) is 0 Å². The molecule has 31 heavy (non-hydrogen) atoms. The van der Waals surface area contributed by atoms with Gasteiger partial charge < -0.3 is 15.4 Å². The molecule has 0 aromatic carbocycles. The van der Waals surface area contributed by atoms with E-state index in [1.807, 2.05) is 6.20 Å². The average Bonchev–Trinajstić information content (AvgIpc) is 3.31. The number of thiazole rings is 1. The standard InChI is InChI=1S/C22H29N5O3S/c1-22(2,3)21-24-10-12-5-6-14-19(17(12)26-21)31-15(25-14)9-16(28)27-8-7-13(11-30-4)18(27)20(23)29/h10,13,18H,5-9,11H2,1-4H3,(H2,23,29)/t13-,18-/m0/s1. The van der Waals surface area contributed by atoms with Crippen molar-refractivity contribution in [3.8, 4) is 10.6 Å². The van der Waals surface area contributed by atoms with E-state index in [9.17, 15) is 9.59 Å². The fraction of sp³-hybridized carbons (Fsp3) is 0.591. The quantitative estimate of drug-likeness (QED) is 0.755. The van der Waals surface area contributed by atoms with E-state index in [0.29, 0.717) is 19.6 Å². The Bertz CT molecular complexity index is 1010. The maximum Gasteiger partial charge on any atom is 0.240 e. The molecule has 2 N–H and O–H groups in total. The van der Waals surface area contributed by atoms with E-state index in [2.05, 4.69) is 25.8 Å². The zero-order valence-corrected chi connectivity index (χ0v) is 19.3. The van der Waals surface area contributed by atoms with Crippen molar-refractivity contribution in [2.24, 2.45) is 11.7 Å². The van der Waals surface area contributed by atoms with Crippen LogP contribution in [0.4, 0.5) is 0 Å². The first kappa shape index (κ1) is 21.8. The van der Waals surface area contributed by atoms with Gasteiger partial charge in [0.1, 0.15) is 16.9 Å². The summed E-state index contributed by atoms with van der Waals surface area (Å²) in [6.45, 7) is 7.21. The van der Waals surface area contributed by atoms with Crippen LogP contribution in [0.3, 0.4) is 0 Å². The molecule has 0 bridgehead atoms. The smallest absolute Gasteiger partial charge is 0.240 e. The summed E-state index contributed by atoms with van der Waals surface area (Å²) >= 11 is 1.52. The lowest BCUT2D eigenvalue weighted by molar-refractivity contribution is -0.138. The van der Waals surface area contributed by atoms with Gasteiger partial charge >= 0.3 is 0 Å². The van der Waals surface area contributed by atoms with E-state index < -0.39 is 11.9 Å². The molecule has 9 heteroatoms. The summed E-state index contributed by atoms with van der Waals surface area (Å²) in [4.78, 5) is 41.8. The normalized spacial score (nSPS) is 20.5. The maximum absolute atomic E-state index is 13.0. The molecule has 0 spiro atoms. The number of nitrogens with zero attached hydrogens (tertiary/aromatic N) is 4. The number of aromatic nitrogens is 3. The van der Waals surface area contributed by atoms with Crippen LogP contribution in [-0.2, 0) is 39.0 Å². The van der Waals surface area contributed by atoms with E-state index >= 15 is 0 Å². The third-order valence-electron chi connectivity index (χ3n) is 5.94. The van der Waals surface area contributed by atoms with Crippen molar-refractivity contribution in [2.75, 3.05) is 20.3 Å². The van der Waals surface area contributed by atoms with Crippen LogP contribution in [0.1, 0.15) is 49.3 Å². The number of likely N-dealkylation sites (tertiary alicyclic amines) is 1. The number of methoxy groups -OCH3 is 1. The lowest BCUT2D eigenvalue weighted by Gasteiger charge is -2.25. The molecule has 166 valence electrons. The Labute approximate surface area is 186 Å². The summed E-state index contributed by atoms with van der Waals surface area (Å²) in [6.07, 6.45) is 4.45. The van der Waals surface area contributed by atoms with E-state index in [1.54, 1.807) is 12.0 Å². The molecule has 1 fully saturated rings. The first-order chi connectivity index (χ1) is 14.7. The average molecular weight is 444 g/mol. The van der Waals surface area contributed by atoms with Crippen LogP contribution in [0.15, 0.2) is 6.20 Å². The van der Waals surface area contributed by atoms with Crippen LogP contribution in [-0.4, -0.2) is 58.0 Å². The Hall–Kier alpha value is -2.39. The largest absolute Gasteiger partial charge is 0.384 e. The van der Waals surface area contributed by atoms with Gasteiger partial charge in [-0.25, -0.2) is 15.0 Å². The molecule has 0 radical (unpaired) electrons. The summed E-state index contributed by atoms with van der Waals surface area (Å²) < 4.78 is 5.21. The first-order valence-electron chi connectivity index (χ1n) is 10.6. The SMILES string of the molecule is COC[C@@H]1CCN(C(=O)Cc2nc3c(s2)-c2nc(C(C)(C)C)ncc2CC3)[C@@H]1C(N)=O. The molecule has 4 rings (SSSR count). The van der Waals surface area contributed by atoms with Crippen molar-refractivity contribution in [1.82, 2.24) is 19.9 Å². The number of rotatable bonds is 5. The predicted octanol–water partition coefficient (Wildman–Crippen LogP) is 1.89. The number of carbonyl (C=O) groups is 2. The molecule has 8 nitrogen and oxygen atoms in total. The van der Waals surface area contributed by atoms with Gasteiger partial charge in [0, 0.05) is 31.2 Å². The molecule has 2 aromatic heterocycles. The van der Waals surface area contributed by atoms with Crippen LogP contribution in [0.5, 0.6) is 0 Å². The highest BCUT2D eigenvalue weighted by molar-refractivity contribution is 7.15. The topological polar surface area (TPSA) is 111 Å². The Morgan fingerprint density at radius 3 is 2.74 bits per heavy atom. The van der Waals surface area contributed by atoms with Gasteiger partial charge in [-0.1, -0.05) is 20.8 Å². The molecule has 0 saturated carbocycles. The number of primary amides is 1. The molecule has 2 aliphatic rings. The zero-order valence-electron chi connectivity index (χ0n) is 18.5. The van der Waals surface area contributed by atoms with Crippen molar-refractivity contribution in [3.05, 3.63) is 28.3 Å². The Balaban J connectivity index is 1.57. The van der Waals surface area contributed by atoms with Crippen molar-refractivity contribution in [3.63, 3.8) is 0 Å².